The first-order valence-corrected chi connectivity index (χ1v) is 6.86. The quantitative estimate of drug-likeness (QED) is 0.836. The zero-order valence-corrected chi connectivity index (χ0v) is 11.9. The fourth-order valence-corrected chi connectivity index (χ4v) is 2.37. The molecule has 1 heterocycles. The topological polar surface area (TPSA) is 33.3 Å². The van der Waals surface area contributed by atoms with Crippen LogP contribution >= 0.6 is 23.8 Å². The molecule has 5 heteroatoms. The highest BCUT2D eigenvalue weighted by Crippen LogP contribution is 2.19. The lowest BCUT2D eigenvalue weighted by molar-refractivity contribution is 0.114. The van der Waals surface area contributed by atoms with Crippen LogP contribution in [0.15, 0.2) is 18.2 Å². The molecule has 1 aliphatic heterocycles. The zero-order chi connectivity index (χ0) is 13.0. The summed E-state index contributed by atoms with van der Waals surface area (Å²) in [5.74, 6) is 0. The number of aryl methyl sites for hydroxylation is 1. The molecule has 0 aliphatic carbocycles. The summed E-state index contributed by atoms with van der Waals surface area (Å²) in [6, 6.07) is 5.68. The van der Waals surface area contributed by atoms with E-state index in [1.165, 1.54) is 0 Å². The van der Waals surface area contributed by atoms with Crippen molar-refractivity contribution in [1.29, 1.82) is 0 Å². The Hall–Kier alpha value is -0.840. The van der Waals surface area contributed by atoms with E-state index in [1.807, 2.05) is 25.1 Å². The van der Waals surface area contributed by atoms with Crippen molar-refractivity contribution in [2.45, 2.75) is 25.9 Å². The molecule has 1 atom stereocenters. The van der Waals surface area contributed by atoms with Gasteiger partial charge in [0.2, 0.25) is 0 Å². The minimum atomic E-state index is 0.288. The van der Waals surface area contributed by atoms with Gasteiger partial charge in [0.1, 0.15) is 0 Å². The van der Waals surface area contributed by atoms with Gasteiger partial charge >= 0.3 is 0 Å². The Morgan fingerprint density at radius 3 is 3.06 bits per heavy atom. The van der Waals surface area contributed by atoms with Crippen LogP contribution < -0.4 is 10.6 Å². The Balaban J connectivity index is 1.82. The van der Waals surface area contributed by atoms with Gasteiger partial charge in [0.25, 0.3) is 0 Å². The van der Waals surface area contributed by atoms with Gasteiger partial charge in [0.15, 0.2) is 5.11 Å². The molecule has 0 unspecified atom stereocenters. The third-order valence-electron chi connectivity index (χ3n) is 2.95. The number of anilines is 1. The Bertz CT molecular complexity index is 433. The van der Waals surface area contributed by atoms with Crippen molar-refractivity contribution in [2.75, 3.05) is 18.5 Å². The zero-order valence-electron chi connectivity index (χ0n) is 10.3. The van der Waals surface area contributed by atoms with Crippen LogP contribution in [0, 0.1) is 6.92 Å². The van der Waals surface area contributed by atoms with Crippen molar-refractivity contribution in [1.82, 2.24) is 5.32 Å². The third kappa shape index (κ3) is 3.83. The van der Waals surface area contributed by atoms with Crippen LogP contribution in [0.3, 0.4) is 0 Å². The summed E-state index contributed by atoms with van der Waals surface area (Å²) in [6.07, 6.45) is 2.54. The second-order valence-electron chi connectivity index (χ2n) is 4.43. The maximum absolute atomic E-state index is 5.91. The van der Waals surface area contributed by atoms with Gasteiger partial charge in [-0.05, 0) is 55.7 Å². The van der Waals surface area contributed by atoms with Gasteiger partial charge in [-0.3, -0.25) is 0 Å². The van der Waals surface area contributed by atoms with Gasteiger partial charge in [-0.1, -0.05) is 11.6 Å². The van der Waals surface area contributed by atoms with Gasteiger partial charge in [-0.2, -0.15) is 0 Å². The second-order valence-corrected chi connectivity index (χ2v) is 5.27. The lowest BCUT2D eigenvalue weighted by Crippen LogP contribution is -2.34. The minimum Gasteiger partial charge on any atom is -0.376 e. The van der Waals surface area contributed by atoms with E-state index in [9.17, 15) is 0 Å². The lowest BCUT2D eigenvalue weighted by Gasteiger charge is -2.15. The molecule has 0 spiro atoms. The maximum Gasteiger partial charge on any atom is 0.170 e. The second kappa shape index (κ2) is 6.36. The van der Waals surface area contributed by atoms with E-state index in [4.69, 9.17) is 28.6 Å². The largest absolute Gasteiger partial charge is 0.376 e. The van der Waals surface area contributed by atoms with Crippen molar-refractivity contribution in [3.63, 3.8) is 0 Å². The summed E-state index contributed by atoms with van der Waals surface area (Å²) in [4.78, 5) is 0. The summed E-state index contributed by atoms with van der Waals surface area (Å²) in [5, 5.41) is 7.70. The first-order valence-electron chi connectivity index (χ1n) is 6.08. The molecule has 0 aromatic heterocycles. The Morgan fingerprint density at radius 1 is 1.56 bits per heavy atom. The normalized spacial score (nSPS) is 18.7. The van der Waals surface area contributed by atoms with Crippen molar-refractivity contribution in [2.24, 2.45) is 0 Å². The molecule has 1 aliphatic rings. The molecule has 98 valence electrons. The molecule has 0 radical (unpaired) electrons. The van der Waals surface area contributed by atoms with Gasteiger partial charge in [0.05, 0.1) is 6.10 Å². The molecule has 2 N–H and O–H groups in total. The van der Waals surface area contributed by atoms with E-state index in [1.54, 1.807) is 0 Å². The highest BCUT2D eigenvalue weighted by atomic mass is 35.5. The third-order valence-corrected chi connectivity index (χ3v) is 3.43. The number of rotatable bonds is 3. The Labute approximate surface area is 118 Å². The summed E-state index contributed by atoms with van der Waals surface area (Å²) in [6.45, 7) is 3.62. The molecule has 1 aromatic carbocycles. The number of hydrogen-bond donors (Lipinski definition) is 2. The Morgan fingerprint density at radius 2 is 2.39 bits per heavy atom. The summed E-state index contributed by atoms with van der Waals surface area (Å²) >= 11 is 11.2. The van der Waals surface area contributed by atoms with E-state index in [0.29, 0.717) is 5.11 Å². The van der Waals surface area contributed by atoms with Crippen molar-refractivity contribution >= 4 is 34.6 Å². The molecular weight excluding hydrogens is 268 g/mol. The molecule has 0 saturated carbocycles. The molecule has 0 bridgehead atoms. The number of hydrogen-bond acceptors (Lipinski definition) is 2. The van der Waals surface area contributed by atoms with Crippen molar-refractivity contribution < 1.29 is 4.74 Å². The Kier molecular flexibility index (Phi) is 4.80. The van der Waals surface area contributed by atoms with Gasteiger partial charge in [-0.25, -0.2) is 0 Å². The fraction of sp³-hybridized carbons (Fsp3) is 0.462. The highest BCUT2D eigenvalue weighted by molar-refractivity contribution is 7.80. The first kappa shape index (κ1) is 13.6. The van der Waals surface area contributed by atoms with E-state index in [-0.39, 0.29) is 6.10 Å². The standard InChI is InChI=1S/C13H17ClN2OS/c1-9-7-10(14)4-5-12(9)16-13(18)15-8-11-3-2-6-17-11/h4-5,7,11H,2-3,6,8H2,1H3,(H2,15,16,18)/t11-/m1/s1. The van der Waals surface area contributed by atoms with Crippen LogP contribution in [-0.4, -0.2) is 24.4 Å². The highest BCUT2D eigenvalue weighted by Gasteiger charge is 2.15. The van der Waals surface area contributed by atoms with E-state index >= 15 is 0 Å². The molecule has 1 saturated heterocycles. The summed E-state index contributed by atoms with van der Waals surface area (Å²) < 4.78 is 5.53. The smallest absolute Gasteiger partial charge is 0.170 e. The fourth-order valence-electron chi connectivity index (χ4n) is 1.95. The van der Waals surface area contributed by atoms with Crippen LogP contribution in [0.4, 0.5) is 5.69 Å². The van der Waals surface area contributed by atoms with E-state index < -0.39 is 0 Å². The SMILES string of the molecule is Cc1cc(Cl)ccc1NC(=S)NC[C@H]1CCCO1. The average Bonchev–Trinajstić information content (AvgIpc) is 2.83. The van der Waals surface area contributed by atoms with E-state index in [2.05, 4.69) is 10.6 Å². The van der Waals surface area contributed by atoms with Crippen LogP contribution in [-0.2, 0) is 4.74 Å². The van der Waals surface area contributed by atoms with Gasteiger partial charge in [-0.15, -0.1) is 0 Å². The lowest BCUT2D eigenvalue weighted by atomic mass is 10.2. The maximum atomic E-state index is 5.91. The number of benzene rings is 1. The number of halogens is 1. The molecule has 1 fully saturated rings. The molecule has 1 aromatic rings. The number of ether oxygens (including phenoxy) is 1. The van der Waals surface area contributed by atoms with Crippen molar-refractivity contribution in [3.05, 3.63) is 28.8 Å². The van der Waals surface area contributed by atoms with Crippen LogP contribution in [0.25, 0.3) is 0 Å². The van der Waals surface area contributed by atoms with Gasteiger partial charge in [0, 0.05) is 23.9 Å². The minimum absolute atomic E-state index is 0.288. The van der Waals surface area contributed by atoms with Crippen LogP contribution in [0.2, 0.25) is 5.02 Å². The van der Waals surface area contributed by atoms with Gasteiger partial charge < -0.3 is 15.4 Å². The molecule has 3 nitrogen and oxygen atoms in total. The monoisotopic (exact) mass is 284 g/mol. The number of thiocarbonyl (C=S) groups is 1. The molecule has 18 heavy (non-hydrogen) atoms. The first-order chi connectivity index (χ1) is 8.65. The molecule has 2 rings (SSSR count). The van der Waals surface area contributed by atoms with Crippen LogP contribution in [0.5, 0.6) is 0 Å². The number of nitrogens with one attached hydrogen (secondary N) is 2. The van der Waals surface area contributed by atoms with E-state index in [0.717, 1.165) is 42.3 Å². The van der Waals surface area contributed by atoms with Crippen molar-refractivity contribution in [3.8, 4) is 0 Å². The summed E-state index contributed by atoms with van der Waals surface area (Å²) in [5.41, 5.74) is 2.05. The summed E-state index contributed by atoms with van der Waals surface area (Å²) in [7, 11) is 0. The predicted molar refractivity (Wildman–Crippen MR) is 79.4 cm³/mol. The molecular formula is C13H17ClN2OS. The predicted octanol–water partition coefficient (Wildman–Crippen LogP) is 3.11. The average molecular weight is 285 g/mol. The molecule has 0 amide bonds. The van der Waals surface area contributed by atoms with Crippen LogP contribution in [0.1, 0.15) is 18.4 Å².